The number of carbonyl (C=O) groups excluding carboxylic acids is 2. The van der Waals surface area contributed by atoms with E-state index in [2.05, 4.69) is 0 Å². The molecule has 2 rings (SSSR count). The molecule has 0 radical (unpaired) electrons. The maximum Gasteiger partial charge on any atom is 0.341 e. The summed E-state index contributed by atoms with van der Waals surface area (Å²) < 4.78 is 19.0. The number of hydrogen-bond acceptors (Lipinski definition) is 4. The molecule has 1 aromatic carbocycles. The predicted octanol–water partition coefficient (Wildman–Crippen LogP) is 4.32. The number of thiophene rings is 1. The Morgan fingerprint density at radius 2 is 1.95 bits per heavy atom. The summed E-state index contributed by atoms with van der Waals surface area (Å²) in [6, 6.07) is 7.70. The lowest BCUT2D eigenvalue weighted by molar-refractivity contribution is 0.00647. The van der Waals surface area contributed by atoms with Gasteiger partial charge in [-0.15, -0.1) is 11.3 Å². The van der Waals surface area contributed by atoms with Crippen molar-refractivity contribution in [2.75, 3.05) is 0 Å². The molecule has 2 aromatic rings. The van der Waals surface area contributed by atoms with Crippen molar-refractivity contribution in [2.45, 2.75) is 26.4 Å². The largest absolute Gasteiger partial charge is 0.456 e. The summed E-state index contributed by atoms with van der Waals surface area (Å²) in [4.78, 5) is 24.1. The van der Waals surface area contributed by atoms with Gasteiger partial charge in [-0.05, 0) is 50.6 Å². The van der Waals surface area contributed by atoms with Crippen LogP contribution in [-0.4, -0.2) is 17.9 Å². The summed E-state index contributed by atoms with van der Waals surface area (Å²) in [6.07, 6.45) is 0.756. The lowest BCUT2D eigenvalue weighted by Crippen LogP contribution is -2.24. The molecular formula is C16H15FO3S. The van der Waals surface area contributed by atoms with Gasteiger partial charge in [0.1, 0.15) is 11.4 Å². The Morgan fingerprint density at radius 3 is 2.52 bits per heavy atom. The van der Waals surface area contributed by atoms with E-state index in [9.17, 15) is 14.0 Å². The number of ether oxygens (including phenoxy) is 1. The molecule has 21 heavy (non-hydrogen) atoms. The van der Waals surface area contributed by atoms with E-state index in [4.69, 9.17) is 4.74 Å². The number of halogens is 1. The van der Waals surface area contributed by atoms with E-state index in [0.717, 1.165) is 11.2 Å². The molecule has 1 aromatic heterocycles. The first-order valence-corrected chi connectivity index (χ1v) is 7.20. The maximum absolute atomic E-state index is 13.8. The number of aldehydes is 1. The molecule has 0 aliphatic heterocycles. The van der Waals surface area contributed by atoms with Crippen LogP contribution in [0.2, 0.25) is 0 Å². The molecule has 0 N–H and O–H groups in total. The van der Waals surface area contributed by atoms with Crippen LogP contribution in [0.5, 0.6) is 0 Å². The normalized spacial score (nSPS) is 11.2. The fourth-order valence-corrected chi connectivity index (χ4v) is 2.56. The highest BCUT2D eigenvalue weighted by Gasteiger charge is 2.21. The van der Waals surface area contributed by atoms with Crippen LogP contribution in [0.4, 0.5) is 4.39 Å². The Morgan fingerprint density at radius 1 is 1.24 bits per heavy atom. The van der Waals surface area contributed by atoms with Gasteiger partial charge in [0.15, 0.2) is 6.29 Å². The molecule has 0 amide bonds. The summed E-state index contributed by atoms with van der Waals surface area (Å²) in [7, 11) is 0. The quantitative estimate of drug-likeness (QED) is 0.626. The van der Waals surface area contributed by atoms with Gasteiger partial charge >= 0.3 is 5.97 Å². The van der Waals surface area contributed by atoms with Crippen molar-refractivity contribution < 1.29 is 18.7 Å². The van der Waals surface area contributed by atoms with E-state index in [0.29, 0.717) is 10.4 Å². The van der Waals surface area contributed by atoms with Crippen LogP contribution in [-0.2, 0) is 4.74 Å². The Kier molecular flexibility index (Phi) is 4.23. The summed E-state index contributed by atoms with van der Waals surface area (Å²) in [5.74, 6) is -1.32. The minimum Gasteiger partial charge on any atom is -0.456 e. The molecule has 5 heteroatoms. The first-order valence-electron chi connectivity index (χ1n) is 6.38. The second-order valence-corrected chi connectivity index (χ2v) is 6.63. The number of hydrogen-bond donors (Lipinski definition) is 0. The Bertz CT molecular complexity index is 683. The lowest BCUT2D eigenvalue weighted by Gasteiger charge is -2.19. The Labute approximate surface area is 126 Å². The van der Waals surface area contributed by atoms with Gasteiger partial charge in [0.2, 0.25) is 0 Å². The zero-order valence-electron chi connectivity index (χ0n) is 12.0. The number of rotatable bonds is 3. The average Bonchev–Trinajstić information content (AvgIpc) is 2.86. The Balaban J connectivity index is 2.37. The van der Waals surface area contributed by atoms with Gasteiger partial charge < -0.3 is 4.74 Å². The third kappa shape index (κ3) is 3.76. The van der Waals surface area contributed by atoms with Crippen LogP contribution < -0.4 is 0 Å². The lowest BCUT2D eigenvalue weighted by atomic mass is 10.1. The molecule has 0 atom stereocenters. The highest BCUT2D eigenvalue weighted by Crippen LogP contribution is 2.29. The molecule has 3 nitrogen and oxygen atoms in total. The minimum atomic E-state index is -0.700. The fourth-order valence-electron chi connectivity index (χ4n) is 1.74. The molecule has 0 aliphatic rings. The monoisotopic (exact) mass is 306 g/mol. The van der Waals surface area contributed by atoms with E-state index in [1.54, 1.807) is 39.0 Å². The van der Waals surface area contributed by atoms with Gasteiger partial charge in [0.05, 0.1) is 10.4 Å². The molecule has 0 fully saturated rings. The molecule has 110 valence electrons. The second-order valence-electron chi connectivity index (χ2n) is 5.52. The summed E-state index contributed by atoms with van der Waals surface area (Å²) in [5, 5.41) is 0. The number of carbonyl (C=O) groups is 2. The fraction of sp³-hybridized carbons (Fsp3) is 0.250. The van der Waals surface area contributed by atoms with E-state index < -0.39 is 17.4 Å². The van der Waals surface area contributed by atoms with E-state index in [1.165, 1.54) is 23.5 Å². The molecule has 0 aliphatic carbocycles. The van der Waals surface area contributed by atoms with Crippen molar-refractivity contribution in [2.24, 2.45) is 0 Å². The van der Waals surface area contributed by atoms with Crippen LogP contribution in [0.15, 0.2) is 30.3 Å². The molecular weight excluding hydrogens is 291 g/mol. The average molecular weight is 306 g/mol. The second kappa shape index (κ2) is 5.77. The SMILES string of the molecule is CC(C)(C)OC(=O)c1cc(-c2ccc(C=O)s2)ccc1F. The molecule has 0 saturated heterocycles. The maximum atomic E-state index is 13.8. The first-order chi connectivity index (χ1) is 9.80. The highest BCUT2D eigenvalue weighted by molar-refractivity contribution is 7.17. The third-order valence-electron chi connectivity index (χ3n) is 2.61. The van der Waals surface area contributed by atoms with Crippen molar-refractivity contribution in [3.8, 4) is 10.4 Å². The highest BCUT2D eigenvalue weighted by atomic mass is 32.1. The first kappa shape index (κ1) is 15.4. The predicted molar refractivity (Wildman–Crippen MR) is 80.3 cm³/mol. The van der Waals surface area contributed by atoms with E-state index in [-0.39, 0.29) is 5.56 Å². The van der Waals surface area contributed by atoms with Crippen LogP contribution in [0.3, 0.4) is 0 Å². The zero-order chi connectivity index (χ0) is 15.6. The van der Waals surface area contributed by atoms with Gasteiger partial charge in [-0.3, -0.25) is 4.79 Å². The van der Waals surface area contributed by atoms with Crippen molar-refractivity contribution in [1.29, 1.82) is 0 Å². The Hall–Kier alpha value is -2.01. The molecule has 0 spiro atoms. The van der Waals surface area contributed by atoms with Crippen molar-refractivity contribution in [1.82, 2.24) is 0 Å². The minimum absolute atomic E-state index is 0.108. The van der Waals surface area contributed by atoms with Crippen molar-refractivity contribution >= 4 is 23.6 Å². The summed E-state index contributed by atoms with van der Waals surface area (Å²) in [6.45, 7) is 5.17. The van der Waals surface area contributed by atoms with Gasteiger partial charge in [0, 0.05) is 4.88 Å². The van der Waals surface area contributed by atoms with Crippen molar-refractivity contribution in [3.05, 3.63) is 46.6 Å². The smallest absolute Gasteiger partial charge is 0.341 e. The third-order valence-corrected chi connectivity index (χ3v) is 3.67. The summed E-state index contributed by atoms with van der Waals surface area (Å²) in [5.41, 5.74) is -0.119. The van der Waals surface area contributed by atoms with Gasteiger partial charge in [0.25, 0.3) is 0 Å². The van der Waals surface area contributed by atoms with Crippen LogP contribution in [0.25, 0.3) is 10.4 Å². The van der Waals surface area contributed by atoms with Crippen LogP contribution in [0, 0.1) is 5.82 Å². The van der Waals surface area contributed by atoms with Gasteiger partial charge in [-0.1, -0.05) is 6.07 Å². The summed E-state index contributed by atoms with van der Waals surface area (Å²) >= 11 is 1.28. The van der Waals surface area contributed by atoms with E-state index >= 15 is 0 Å². The van der Waals surface area contributed by atoms with Crippen molar-refractivity contribution in [3.63, 3.8) is 0 Å². The number of esters is 1. The van der Waals surface area contributed by atoms with Crippen LogP contribution in [0.1, 0.15) is 40.8 Å². The van der Waals surface area contributed by atoms with E-state index in [1.807, 2.05) is 0 Å². The molecule has 0 saturated carbocycles. The number of benzene rings is 1. The standard InChI is InChI=1S/C16H15FO3S/c1-16(2,3)20-15(19)12-8-10(4-6-13(12)17)14-7-5-11(9-18)21-14/h4-9H,1-3H3. The zero-order valence-corrected chi connectivity index (χ0v) is 12.8. The molecule has 0 bridgehead atoms. The van der Waals surface area contributed by atoms with Gasteiger partial charge in [-0.2, -0.15) is 0 Å². The van der Waals surface area contributed by atoms with Gasteiger partial charge in [-0.25, -0.2) is 9.18 Å². The van der Waals surface area contributed by atoms with Crippen LogP contribution >= 0.6 is 11.3 Å². The molecule has 0 unspecified atom stereocenters. The molecule has 1 heterocycles. The topological polar surface area (TPSA) is 43.4 Å².